The molecule has 0 radical (unpaired) electrons. The van der Waals surface area contributed by atoms with Crippen molar-refractivity contribution in [1.29, 1.82) is 0 Å². The molecule has 1 amide bonds. The van der Waals surface area contributed by atoms with Gasteiger partial charge < -0.3 is 21.1 Å². The van der Waals surface area contributed by atoms with Crippen molar-refractivity contribution < 1.29 is 9.53 Å². The summed E-state index contributed by atoms with van der Waals surface area (Å²) in [5.74, 6) is 0.320. The fraction of sp³-hybridized carbons (Fsp3) is 0.875. The molecule has 0 spiro atoms. The van der Waals surface area contributed by atoms with Crippen molar-refractivity contribution in [1.82, 2.24) is 15.5 Å². The SMILES string of the molecule is NC(=NCC(=O)NC1CCCCC1)NCCCN1CCOCC1. The first kappa shape index (κ1) is 18.0. The molecule has 2 fully saturated rings. The van der Waals surface area contributed by atoms with Crippen LogP contribution in [0, 0.1) is 0 Å². The zero-order chi connectivity index (χ0) is 16.3. The van der Waals surface area contributed by atoms with E-state index < -0.39 is 0 Å². The minimum absolute atomic E-state index is 0.0324. The van der Waals surface area contributed by atoms with E-state index in [4.69, 9.17) is 10.5 Å². The topological polar surface area (TPSA) is 92.0 Å². The zero-order valence-corrected chi connectivity index (χ0v) is 14.1. The highest BCUT2D eigenvalue weighted by molar-refractivity contribution is 5.84. The fourth-order valence-electron chi connectivity index (χ4n) is 3.08. The Balaban J connectivity index is 1.52. The van der Waals surface area contributed by atoms with Crippen LogP contribution in [-0.2, 0) is 9.53 Å². The Morgan fingerprint density at radius 2 is 1.96 bits per heavy atom. The van der Waals surface area contributed by atoms with Gasteiger partial charge in [0.15, 0.2) is 5.96 Å². The van der Waals surface area contributed by atoms with Crippen LogP contribution in [0.15, 0.2) is 4.99 Å². The number of morpholine rings is 1. The van der Waals surface area contributed by atoms with Gasteiger partial charge in [-0.05, 0) is 25.8 Å². The molecule has 0 aromatic carbocycles. The molecule has 4 N–H and O–H groups in total. The van der Waals surface area contributed by atoms with E-state index in [0.29, 0.717) is 12.0 Å². The molecular weight excluding hydrogens is 294 g/mol. The summed E-state index contributed by atoms with van der Waals surface area (Å²) in [6.07, 6.45) is 6.88. The molecular formula is C16H31N5O2. The van der Waals surface area contributed by atoms with Crippen molar-refractivity contribution in [2.75, 3.05) is 45.9 Å². The third-order valence-electron chi connectivity index (χ3n) is 4.42. The van der Waals surface area contributed by atoms with Crippen LogP contribution in [-0.4, -0.2) is 68.7 Å². The van der Waals surface area contributed by atoms with Gasteiger partial charge in [-0.15, -0.1) is 0 Å². The first-order valence-electron chi connectivity index (χ1n) is 8.87. The lowest BCUT2D eigenvalue weighted by Crippen LogP contribution is -2.40. The van der Waals surface area contributed by atoms with Gasteiger partial charge in [-0.1, -0.05) is 19.3 Å². The Kier molecular flexibility index (Phi) is 8.17. The molecule has 0 aromatic rings. The summed E-state index contributed by atoms with van der Waals surface area (Å²) in [6, 6.07) is 0.328. The van der Waals surface area contributed by atoms with E-state index in [1.54, 1.807) is 0 Å². The van der Waals surface area contributed by atoms with Crippen LogP contribution in [0.3, 0.4) is 0 Å². The Hall–Kier alpha value is -1.34. The summed E-state index contributed by atoms with van der Waals surface area (Å²) < 4.78 is 5.32. The number of carbonyl (C=O) groups is 1. The largest absolute Gasteiger partial charge is 0.379 e. The lowest BCUT2D eigenvalue weighted by Gasteiger charge is -2.26. The summed E-state index contributed by atoms with van der Waals surface area (Å²) >= 11 is 0. The number of hydrogen-bond acceptors (Lipinski definition) is 4. The van der Waals surface area contributed by atoms with Gasteiger partial charge in [-0.3, -0.25) is 9.69 Å². The molecule has 0 aromatic heterocycles. The molecule has 1 saturated carbocycles. The molecule has 1 aliphatic heterocycles. The lowest BCUT2D eigenvalue weighted by atomic mass is 9.95. The van der Waals surface area contributed by atoms with E-state index in [2.05, 4.69) is 20.5 Å². The number of aliphatic imine (C=N–C) groups is 1. The van der Waals surface area contributed by atoms with Gasteiger partial charge in [0.05, 0.1) is 13.2 Å². The second-order valence-electron chi connectivity index (χ2n) is 6.34. The molecule has 2 aliphatic rings. The molecule has 7 heteroatoms. The maximum atomic E-state index is 11.8. The molecule has 2 rings (SSSR count). The number of guanidine groups is 1. The predicted octanol–water partition coefficient (Wildman–Crippen LogP) is 0.0619. The highest BCUT2D eigenvalue weighted by Crippen LogP contribution is 2.17. The number of nitrogens with zero attached hydrogens (tertiary/aromatic N) is 2. The number of nitrogens with one attached hydrogen (secondary N) is 2. The average Bonchev–Trinajstić information content (AvgIpc) is 2.59. The average molecular weight is 325 g/mol. The summed E-state index contributed by atoms with van der Waals surface area (Å²) in [5, 5.41) is 6.11. The van der Waals surface area contributed by atoms with Crippen molar-refractivity contribution in [2.45, 2.75) is 44.6 Å². The maximum absolute atomic E-state index is 11.8. The Morgan fingerprint density at radius 3 is 2.70 bits per heavy atom. The van der Waals surface area contributed by atoms with E-state index in [1.165, 1.54) is 19.3 Å². The van der Waals surface area contributed by atoms with Crippen LogP contribution < -0.4 is 16.4 Å². The van der Waals surface area contributed by atoms with Crippen molar-refractivity contribution in [3.63, 3.8) is 0 Å². The zero-order valence-electron chi connectivity index (χ0n) is 14.1. The molecule has 132 valence electrons. The summed E-state index contributed by atoms with van der Waals surface area (Å²) in [6.45, 7) is 5.58. The van der Waals surface area contributed by atoms with E-state index >= 15 is 0 Å². The van der Waals surface area contributed by atoms with Crippen LogP contribution in [0.4, 0.5) is 0 Å². The fourth-order valence-corrected chi connectivity index (χ4v) is 3.08. The van der Waals surface area contributed by atoms with Crippen molar-refractivity contribution in [3.8, 4) is 0 Å². The molecule has 1 heterocycles. The quantitative estimate of drug-likeness (QED) is 0.350. The van der Waals surface area contributed by atoms with Crippen molar-refractivity contribution in [2.24, 2.45) is 10.7 Å². The van der Waals surface area contributed by atoms with Crippen LogP contribution in [0.1, 0.15) is 38.5 Å². The number of hydrogen-bond donors (Lipinski definition) is 3. The van der Waals surface area contributed by atoms with Gasteiger partial charge in [0.1, 0.15) is 6.54 Å². The van der Waals surface area contributed by atoms with Gasteiger partial charge in [0.25, 0.3) is 0 Å². The molecule has 0 unspecified atom stereocenters. The highest BCUT2D eigenvalue weighted by Gasteiger charge is 2.15. The van der Waals surface area contributed by atoms with E-state index in [0.717, 1.165) is 58.7 Å². The van der Waals surface area contributed by atoms with Gasteiger partial charge >= 0.3 is 0 Å². The molecule has 23 heavy (non-hydrogen) atoms. The number of ether oxygens (including phenoxy) is 1. The number of nitrogens with two attached hydrogens (primary N) is 1. The molecule has 1 saturated heterocycles. The number of rotatable bonds is 7. The Bertz CT molecular complexity index is 377. The maximum Gasteiger partial charge on any atom is 0.242 e. The summed E-state index contributed by atoms with van der Waals surface area (Å²) in [4.78, 5) is 18.3. The first-order chi connectivity index (χ1) is 11.2. The highest BCUT2D eigenvalue weighted by atomic mass is 16.5. The van der Waals surface area contributed by atoms with E-state index in [-0.39, 0.29) is 12.5 Å². The van der Waals surface area contributed by atoms with E-state index in [1.807, 2.05) is 0 Å². The normalized spacial score (nSPS) is 21.1. The molecule has 7 nitrogen and oxygen atoms in total. The molecule has 1 aliphatic carbocycles. The number of amides is 1. The molecule has 0 bridgehead atoms. The van der Waals surface area contributed by atoms with Gasteiger partial charge in [-0.25, -0.2) is 4.99 Å². The van der Waals surface area contributed by atoms with Crippen LogP contribution in [0.25, 0.3) is 0 Å². The number of carbonyl (C=O) groups excluding carboxylic acids is 1. The smallest absolute Gasteiger partial charge is 0.242 e. The van der Waals surface area contributed by atoms with Crippen molar-refractivity contribution >= 4 is 11.9 Å². The second-order valence-corrected chi connectivity index (χ2v) is 6.34. The third-order valence-corrected chi connectivity index (χ3v) is 4.42. The van der Waals surface area contributed by atoms with Crippen LogP contribution >= 0.6 is 0 Å². The standard InChI is InChI=1S/C16H31N5O2/c17-16(18-7-4-8-21-9-11-23-12-10-21)19-13-15(22)20-14-5-2-1-3-6-14/h14H,1-13H2,(H,20,22)(H3,17,18,19). The Labute approximate surface area is 139 Å². The Morgan fingerprint density at radius 1 is 1.22 bits per heavy atom. The predicted molar refractivity (Wildman–Crippen MR) is 91.4 cm³/mol. The second kappa shape index (κ2) is 10.4. The van der Waals surface area contributed by atoms with Gasteiger partial charge in [0, 0.05) is 25.7 Å². The van der Waals surface area contributed by atoms with Crippen LogP contribution in [0.2, 0.25) is 0 Å². The summed E-state index contributed by atoms with van der Waals surface area (Å²) in [7, 11) is 0. The van der Waals surface area contributed by atoms with Gasteiger partial charge in [-0.2, -0.15) is 0 Å². The minimum Gasteiger partial charge on any atom is -0.379 e. The van der Waals surface area contributed by atoms with Crippen LogP contribution in [0.5, 0.6) is 0 Å². The van der Waals surface area contributed by atoms with Gasteiger partial charge in [0.2, 0.25) is 5.91 Å². The van der Waals surface area contributed by atoms with E-state index in [9.17, 15) is 4.79 Å². The lowest BCUT2D eigenvalue weighted by molar-refractivity contribution is -0.120. The minimum atomic E-state index is -0.0324. The summed E-state index contributed by atoms with van der Waals surface area (Å²) in [5.41, 5.74) is 5.80. The monoisotopic (exact) mass is 325 g/mol. The third kappa shape index (κ3) is 7.65. The first-order valence-corrected chi connectivity index (χ1v) is 8.87. The van der Waals surface area contributed by atoms with Crippen molar-refractivity contribution in [3.05, 3.63) is 0 Å². The molecule has 0 atom stereocenters.